The lowest BCUT2D eigenvalue weighted by Gasteiger charge is -2.39. The first-order valence-corrected chi connectivity index (χ1v) is 7.67. The minimum Gasteiger partial charge on any atom is -0.301 e. The smallest absolute Gasteiger partial charge is 0.105 e. The summed E-state index contributed by atoms with van der Waals surface area (Å²) < 4.78 is 0. The summed E-state index contributed by atoms with van der Waals surface area (Å²) in [5.74, 6) is 0. The lowest BCUT2D eigenvalue weighted by molar-refractivity contribution is 0.0936. The first-order valence-electron chi connectivity index (χ1n) is 7.67. The molecule has 0 radical (unpaired) electrons. The van der Waals surface area contributed by atoms with Crippen LogP contribution in [-0.4, -0.2) is 60.6 Å². The van der Waals surface area contributed by atoms with Crippen LogP contribution in [0.1, 0.15) is 40.5 Å². The Hall–Kier alpha value is -0.630. The number of nitriles is 1. The van der Waals surface area contributed by atoms with Gasteiger partial charge in [-0.1, -0.05) is 13.8 Å². The molecule has 0 aromatic heterocycles. The van der Waals surface area contributed by atoms with E-state index in [0.717, 1.165) is 52.1 Å². The van der Waals surface area contributed by atoms with E-state index in [0.29, 0.717) is 6.04 Å². The van der Waals surface area contributed by atoms with Gasteiger partial charge in [0.1, 0.15) is 5.54 Å². The van der Waals surface area contributed by atoms with Crippen LogP contribution in [-0.2, 0) is 0 Å². The molecule has 1 rings (SSSR count). The molecule has 19 heavy (non-hydrogen) atoms. The summed E-state index contributed by atoms with van der Waals surface area (Å²) in [6.45, 7) is 15.3. The number of hydrogen-bond acceptors (Lipinski definition) is 4. The van der Waals surface area contributed by atoms with Crippen LogP contribution in [0, 0.1) is 11.3 Å². The molecule has 0 saturated carbocycles. The molecule has 4 nitrogen and oxygen atoms in total. The molecule has 4 heteroatoms. The highest BCUT2D eigenvalue weighted by Crippen LogP contribution is 2.17. The molecular weight excluding hydrogens is 236 g/mol. The maximum Gasteiger partial charge on any atom is 0.105 e. The van der Waals surface area contributed by atoms with E-state index < -0.39 is 5.54 Å². The number of nitrogens with zero attached hydrogens (tertiary/aromatic N) is 3. The highest BCUT2D eigenvalue weighted by molar-refractivity contribution is 5.05. The molecule has 2 atom stereocenters. The molecule has 1 aliphatic heterocycles. The fourth-order valence-electron chi connectivity index (χ4n) is 2.80. The average Bonchev–Trinajstić information content (AvgIpc) is 2.45. The molecule has 1 aliphatic rings. The van der Waals surface area contributed by atoms with Crippen LogP contribution in [0.2, 0.25) is 0 Å². The van der Waals surface area contributed by atoms with Crippen LogP contribution < -0.4 is 5.32 Å². The van der Waals surface area contributed by atoms with E-state index in [1.165, 1.54) is 0 Å². The summed E-state index contributed by atoms with van der Waals surface area (Å²) in [5, 5.41) is 12.8. The van der Waals surface area contributed by atoms with Crippen molar-refractivity contribution < 1.29 is 0 Å². The Bertz CT molecular complexity index is 291. The third-order valence-corrected chi connectivity index (χ3v) is 4.19. The van der Waals surface area contributed by atoms with Gasteiger partial charge in [0.2, 0.25) is 0 Å². The van der Waals surface area contributed by atoms with Crippen LogP contribution in [0.5, 0.6) is 0 Å². The number of nitrogens with one attached hydrogen (secondary N) is 1. The normalized spacial score (nSPS) is 22.7. The monoisotopic (exact) mass is 266 g/mol. The molecule has 1 saturated heterocycles. The lowest BCUT2D eigenvalue weighted by Crippen LogP contribution is -2.53. The first-order chi connectivity index (χ1) is 9.04. The molecule has 0 aromatic carbocycles. The summed E-state index contributed by atoms with van der Waals surface area (Å²) in [7, 11) is 0. The van der Waals surface area contributed by atoms with Gasteiger partial charge in [-0.05, 0) is 39.8 Å². The van der Waals surface area contributed by atoms with Crippen LogP contribution in [0.15, 0.2) is 0 Å². The second-order valence-electron chi connectivity index (χ2n) is 5.89. The van der Waals surface area contributed by atoms with Crippen molar-refractivity contribution >= 4 is 0 Å². The predicted molar refractivity (Wildman–Crippen MR) is 80.1 cm³/mol. The summed E-state index contributed by atoms with van der Waals surface area (Å²) in [4.78, 5) is 5.01. The van der Waals surface area contributed by atoms with Crippen LogP contribution >= 0.6 is 0 Å². The van der Waals surface area contributed by atoms with Crippen molar-refractivity contribution in [3.05, 3.63) is 0 Å². The van der Waals surface area contributed by atoms with E-state index in [-0.39, 0.29) is 0 Å². The average molecular weight is 266 g/mol. The first kappa shape index (κ1) is 16.4. The Morgan fingerprint density at radius 2 is 1.89 bits per heavy atom. The SMILES string of the molecule is CCCNC(C)(C#N)CC(C)N1CCN(CC)CC1. The van der Waals surface area contributed by atoms with Gasteiger partial charge in [-0.15, -0.1) is 0 Å². The van der Waals surface area contributed by atoms with Crippen LogP contribution in [0.4, 0.5) is 0 Å². The van der Waals surface area contributed by atoms with Crippen molar-refractivity contribution in [3.8, 4) is 6.07 Å². The van der Waals surface area contributed by atoms with Gasteiger partial charge in [0.25, 0.3) is 0 Å². The fraction of sp³-hybridized carbons (Fsp3) is 0.933. The summed E-state index contributed by atoms with van der Waals surface area (Å²) in [6, 6.07) is 2.92. The van der Waals surface area contributed by atoms with Gasteiger partial charge >= 0.3 is 0 Å². The van der Waals surface area contributed by atoms with Gasteiger partial charge in [-0.25, -0.2) is 0 Å². The van der Waals surface area contributed by atoms with Crippen molar-refractivity contribution in [3.63, 3.8) is 0 Å². The zero-order valence-electron chi connectivity index (χ0n) is 13.1. The summed E-state index contributed by atoms with van der Waals surface area (Å²) in [5.41, 5.74) is -0.392. The quantitative estimate of drug-likeness (QED) is 0.761. The number of rotatable bonds is 7. The third-order valence-electron chi connectivity index (χ3n) is 4.19. The van der Waals surface area contributed by atoms with Crippen LogP contribution in [0.25, 0.3) is 0 Å². The van der Waals surface area contributed by atoms with Crippen LogP contribution in [0.3, 0.4) is 0 Å². The highest BCUT2D eigenvalue weighted by atomic mass is 15.3. The van der Waals surface area contributed by atoms with Gasteiger partial charge in [0.15, 0.2) is 0 Å². The Morgan fingerprint density at radius 1 is 1.26 bits per heavy atom. The zero-order chi connectivity index (χ0) is 14.3. The van der Waals surface area contributed by atoms with Crippen molar-refractivity contribution in [2.75, 3.05) is 39.3 Å². The fourth-order valence-corrected chi connectivity index (χ4v) is 2.80. The molecule has 2 unspecified atom stereocenters. The standard InChI is InChI=1S/C15H30N4/c1-5-7-17-15(4,13-16)12-14(3)19-10-8-18(6-2)9-11-19/h14,17H,5-12H2,1-4H3. The van der Waals surface area contributed by atoms with E-state index in [2.05, 4.69) is 42.0 Å². The van der Waals surface area contributed by atoms with Crippen molar-refractivity contribution in [1.82, 2.24) is 15.1 Å². The molecule has 0 bridgehead atoms. The minimum atomic E-state index is -0.392. The molecule has 0 spiro atoms. The third kappa shape index (κ3) is 5.10. The van der Waals surface area contributed by atoms with E-state index in [1.54, 1.807) is 0 Å². The minimum absolute atomic E-state index is 0.392. The largest absolute Gasteiger partial charge is 0.301 e. The molecule has 1 N–H and O–H groups in total. The number of likely N-dealkylation sites (N-methyl/N-ethyl adjacent to an activating group) is 1. The van der Waals surface area contributed by atoms with E-state index in [4.69, 9.17) is 0 Å². The summed E-state index contributed by atoms with van der Waals surface area (Å²) in [6.07, 6.45) is 1.97. The van der Waals surface area contributed by atoms with Gasteiger partial charge in [0.05, 0.1) is 6.07 Å². The van der Waals surface area contributed by atoms with Crippen molar-refractivity contribution in [1.29, 1.82) is 5.26 Å². The van der Waals surface area contributed by atoms with E-state index >= 15 is 0 Å². The molecular formula is C15H30N4. The Morgan fingerprint density at radius 3 is 2.37 bits per heavy atom. The lowest BCUT2D eigenvalue weighted by atomic mass is 9.94. The maximum absolute atomic E-state index is 9.40. The molecule has 0 aliphatic carbocycles. The van der Waals surface area contributed by atoms with E-state index in [9.17, 15) is 5.26 Å². The van der Waals surface area contributed by atoms with Gasteiger partial charge < -0.3 is 4.90 Å². The molecule has 1 heterocycles. The molecule has 110 valence electrons. The van der Waals surface area contributed by atoms with Gasteiger partial charge in [-0.3, -0.25) is 10.2 Å². The van der Waals surface area contributed by atoms with Gasteiger partial charge in [0, 0.05) is 32.2 Å². The predicted octanol–water partition coefficient (Wildman–Crippen LogP) is 1.68. The number of piperazine rings is 1. The highest BCUT2D eigenvalue weighted by Gasteiger charge is 2.29. The maximum atomic E-state index is 9.40. The number of hydrogen-bond donors (Lipinski definition) is 1. The van der Waals surface area contributed by atoms with Gasteiger partial charge in [-0.2, -0.15) is 5.26 Å². The molecule has 1 fully saturated rings. The Labute approximate surface area is 118 Å². The second-order valence-corrected chi connectivity index (χ2v) is 5.89. The zero-order valence-corrected chi connectivity index (χ0v) is 13.1. The Balaban J connectivity index is 2.45. The van der Waals surface area contributed by atoms with Crippen molar-refractivity contribution in [2.24, 2.45) is 0 Å². The summed E-state index contributed by atoms with van der Waals surface area (Å²) >= 11 is 0. The molecule has 0 aromatic rings. The van der Waals surface area contributed by atoms with E-state index in [1.807, 2.05) is 6.92 Å². The second kappa shape index (κ2) is 7.84. The Kier molecular flexibility index (Phi) is 6.78. The molecule has 0 amide bonds. The van der Waals surface area contributed by atoms with Crippen molar-refractivity contribution in [2.45, 2.75) is 52.1 Å². The topological polar surface area (TPSA) is 42.3 Å².